The van der Waals surface area contributed by atoms with Gasteiger partial charge in [-0.15, -0.1) is 39.5 Å². The van der Waals surface area contributed by atoms with Crippen LogP contribution in [0.1, 0.15) is 224 Å². The minimum absolute atomic E-state index is 0.0835. The van der Waals surface area contributed by atoms with Crippen LogP contribution in [0.15, 0.2) is 152 Å². The fourth-order valence-electron chi connectivity index (χ4n) is 8.77. The van der Waals surface area contributed by atoms with Gasteiger partial charge in [-0.3, -0.25) is 8.78 Å². The second kappa shape index (κ2) is 46.6. The molecule has 0 heterocycles. The van der Waals surface area contributed by atoms with Gasteiger partial charge in [0, 0.05) is 5.56 Å². The minimum Gasteiger partial charge on any atom is -0.494 e. The molecule has 0 radical (unpaired) electrons. The highest BCUT2D eigenvalue weighted by atomic mass is 19.4. The van der Waals surface area contributed by atoms with E-state index in [-0.39, 0.29) is 29.1 Å². The van der Waals surface area contributed by atoms with Crippen molar-refractivity contribution in [1.29, 1.82) is 0 Å². The van der Waals surface area contributed by atoms with Gasteiger partial charge in [0.2, 0.25) is 0 Å². The Kier molecular flexibility index (Phi) is 44.0. The molecule has 0 saturated heterocycles. The topological polar surface area (TPSA) is 36.9 Å². The van der Waals surface area contributed by atoms with Crippen LogP contribution in [-0.4, -0.2) is 52.4 Å². The van der Waals surface area contributed by atoms with Crippen molar-refractivity contribution < 1.29 is 142 Å². The first-order chi connectivity index (χ1) is 50.1. The SMILES string of the molecule is CC(C)c1ccc(C(F)(F)F)c(C(F)(F)F)c1.CC(C)c1ccc(C(F)(F)F)c(C(F)F)c1.CC(C)c1ccc(CC(F)(F)F)cc1.CC(C)c1ccc(CC(F)(F)F)cc1.CC(C)c1ccc(OC(F)(F)F)c(OC(F)(F)F)c1.CC(C)c1ccc(OC(F)(F)F)cc1.CCOc1cccc(C(C)C)c1.CF.CF. The summed E-state index contributed by atoms with van der Waals surface area (Å²) in [7, 11) is 1.00. The van der Waals surface area contributed by atoms with Crippen LogP contribution in [0.2, 0.25) is 0 Å². The summed E-state index contributed by atoms with van der Waals surface area (Å²) in [6, 6.07) is 35.3. The summed E-state index contributed by atoms with van der Waals surface area (Å²) in [5.74, 6) is -0.185. The number of ether oxygens (including phenoxy) is 4. The van der Waals surface area contributed by atoms with Gasteiger partial charge >= 0.3 is 50.0 Å². The Morgan fingerprint density at radius 1 is 0.282 bits per heavy atom. The van der Waals surface area contributed by atoms with Gasteiger partial charge in [-0.1, -0.05) is 188 Å². The lowest BCUT2D eigenvalue weighted by atomic mass is 9.97. The normalized spacial score (nSPS) is 11.9. The van der Waals surface area contributed by atoms with E-state index >= 15 is 0 Å². The van der Waals surface area contributed by atoms with Crippen LogP contribution in [0, 0.1) is 0 Å². The van der Waals surface area contributed by atoms with Crippen molar-refractivity contribution >= 4 is 0 Å². The first kappa shape index (κ1) is 104. The molecule has 0 aromatic heterocycles. The maximum Gasteiger partial charge on any atom is 0.573 e. The Labute approximate surface area is 622 Å². The maximum atomic E-state index is 12.5. The molecule has 0 N–H and O–H groups in total. The molecule has 0 aliphatic heterocycles. The molecule has 0 unspecified atom stereocenters. The fourth-order valence-corrected chi connectivity index (χ4v) is 8.77. The molecule has 4 nitrogen and oxygen atoms in total. The van der Waals surface area contributed by atoms with Gasteiger partial charge in [0.1, 0.15) is 11.5 Å². The fraction of sp³-hybridized carbons (Fsp3) is 0.462. The summed E-state index contributed by atoms with van der Waals surface area (Å²) in [5.41, 5.74) is 0.717. The lowest BCUT2D eigenvalue weighted by Crippen LogP contribution is -2.21. The van der Waals surface area contributed by atoms with Gasteiger partial charge in [0.25, 0.3) is 6.43 Å². The molecule has 7 rings (SSSR count). The number of hydrogen-bond acceptors (Lipinski definition) is 4. The van der Waals surface area contributed by atoms with Crippen molar-refractivity contribution in [3.63, 3.8) is 0 Å². The molecule has 7 aromatic carbocycles. The number of halogens is 28. The smallest absolute Gasteiger partial charge is 0.494 e. The predicted octanol–water partition coefficient (Wildman–Crippen LogP) is 30.1. The monoisotopic (exact) mass is 1620 g/mol. The molecule has 0 amide bonds. The van der Waals surface area contributed by atoms with E-state index in [2.05, 4.69) is 40.2 Å². The number of benzene rings is 7. The zero-order valence-corrected chi connectivity index (χ0v) is 62.9. The second-order valence-electron chi connectivity index (χ2n) is 25.5. The average molecular weight is 1620 g/mol. The van der Waals surface area contributed by atoms with Crippen LogP contribution < -0.4 is 18.9 Å². The molecule has 32 heteroatoms. The molecule has 0 spiro atoms. The lowest BCUT2D eigenvalue weighted by molar-refractivity contribution is -0.287. The van der Waals surface area contributed by atoms with Gasteiger partial charge in [0.05, 0.1) is 50.5 Å². The Morgan fingerprint density at radius 2 is 0.582 bits per heavy atom. The molecule has 7 aromatic rings. The van der Waals surface area contributed by atoms with Crippen LogP contribution in [-0.2, 0) is 31.4 Å². The zero-order valence-electron chi connectivity index (χ0n) is 62.9. The third-order valence-electron chi connectivity index (χ3n) is 14.4. The molecule has 622 valence electrons. The Balaban J connectivity index is 0. The molecule has 0 fully saturated rings. The molecule has 0 bridgehead atoms. The van der Waals surface area contributed by atoms with Crippen molar-refractivity contribution in [2.75, 3.05) is 21.0 Å². The Hall–Kier alpha value is -8.22. The van der Waals surface area contributed by atoms with Gasteiger partial charge in [0.15, 0.2) is 11.5 Å². The van der Waals surface area contributed by atoms with E-state index in [4.69, 9.17) is 4.74 Å². The van der Waals surface area contributed by atoms with Crippen LogP contribution in [0.4, 0.5) is 123 Å². The minimum atomic E-state index is -5.10. The van der Waals surface area contributed by atoms with Crippen LogP contribution in [0.3, 0.4) is 0 Å². The first-order valence-corrected chi connectivity index (χ1v) is 33.2. The van der Waals surface area contributed by atoms with Crippen molar-refractivity contribution in [3.8, 4) is 23.0 Å². The van der Waals surface area contributed by atoms with E-state index in [1.54, 1.807) is 102 Å². The molecule has 0 aliphatic carbocycles. The molecule has 110 heavy (non-hydrogen) atoms. The van der Waals surface area contributed by atoms with Crippen LogP contribution in [0.5, 0.6) is 23.0 Å². The summed E-state index contributed by atoms with van der Waals surface area (Å²) < 4.78 is 352. The number of rotatable bonds is 15. The van der Waals surface area contributed by atoms with Gasteiger partial charge in [-0.2, -0.15) is 65.9 Å². The number of alkyl halides is 28. The molecule has 0 atom stereocenters. The van der Waals surface area contributed by atoms with Gasteiger partial charge < -0.3 is 18.9 Å². The highest BCUT2D eigenvalue weighted by Crippen LogP contribution is 2.43. The maximum absolute atomic E-state index is 12.5. The first-order valence-electron chi connectivity index (χ1n) is 33.2. The van der Waals surface area contributed by atoms with E-state index in [9.17, 15) is 123 Å². The van der Waals surface area contributed by atoms with Crippen molar-refractivity contribution in [2.24, 2.45) is 0 Å². The summed E-state index contributed by atoms with van der Waals surface area (Å²) in [6.45, 7) is 29.2. The van der Waals surface area contributed by atoms with Crippen LogP contribution >= 0.6 is 0 Å². The van der Waals surface area contributed by atoms with Crippen LogP contribution in [0.25, 0.3) is 0 Å². The largest absolute Gasteiger partial charge is 0.573 e. The highest BCUT2D eigenvalue weighted by molar-refractivity contribution is 5.44. The van der Waals surface area contributed by atoms with E-state index in [1.165, 1.54) is 29.8 Å². The predicted molar refractivity (Wildman–Crippen MR) is 368 cm³/mol. The molecule has 0 aliphatic rings. The molecule has 0 saturated carbocycles. The zero-order chi connectivity index (χ0) is 86.1. The van der Waals surface area contributed by atoms with Gasteiger partial charge in [-0.25, -0.2) is 8.78 Å². The standard InChI is InChI=1S/C11H10F6O2.C11H10F6.C11H11F5.2C11H13F3.C11H16O.C10H11F3O.2CH3F/c1-6(2)7-3-4-8(18-10(12,13)14)9(5-7)19-11(15,16)17;1-6(2)7-3-4-8(10(12,13)14)9(5-7)11(15,16)17;1-6(2)7-3-4-9(11(14,15)16)8(5-7)10(12)13;2*1-8(2)10-5-3-9(4-6-10)7-11(12,13)14;1-4-12-11-7-5-6-10(8-11)9(2)3;1-7(2)8-3-5-9(6-4-8)14-10(11,12)13;2*1-2/h3-6H,1-2H3;3-6H,1-2H3;3-6,10H,1-2H3;2*3-6,8H,7H2,1-2H3;5-9H,4H2,1-3H3;3-7H,1-2H3;2*1H3. The quantitative estimate of drug-likeness (QED) is 0.0959. The summed E-state index contributed by atoms with van der Waals surface area (Å²) in [4.78, 5) is 0. The highest BCUT2D eigenvalue weighted by Gasteiger charge is 2.44. The molecular weight excluding hydrogens is 1530 g/mol. The van der Waals surface area contributed by atoms with E-state index in [0.29, 0.717) is 72.4 Å². The second-order valence-corrected chi connectivity index (χ2v) is 25.5. The summed E-state index contributed by atoms with van der Waals surface area (Å²) in [5, 5.41) is 0. The third-order valence-corrected chi connectivity index (χ3v) is 14.4. The average Bonchev–Trinajstić information content (AvgIpc) is 0.791. The van der Waals surface area contributed by atoms with E-state index < -0.39 is 103 Å². The van der Waals surface area contributed by atoms with E-state index in [1.807, 2.05) is 60.6 Å². The van der Waals surface area contributed by atoms with E-state index in [0.717, 1.165) is 59.4 Å². The van der Waals surface area contributed by atoms with Gasteiger partial charge in [-0.05, 0) is 159 Å². The number of hydrogen-bond donors (Lipinski definition) is 0. The molecular formula is C78H90F28O4. The Morgan fingerprint density at radius 3 is 0.900 bits per heavy atom. The van der Waals surface area contributed by atoms with Crippen molar-refractivity contribution in [3.05, 3.63) is 224 Å². The van der Waals surface area contributed by atoms with Crippen molar-refractivity contribution in [1.82, 2.24) is 0 Å². The Bertz CT molecular complexity index is 3500. The summed E-state index contributed by atoms with van der Waals surface area (Å²) >= 11 is 0. The lowest BCUT2D eigenvalue weighted by Gasteiger charge is -2.17. The summed E-state index contributed by atoms with van der Waals surface area (Å²) in [6.07, 6.45) is -42.6. The van der Waals surface area contributed by atoms with Crippen molar-refractivity contribution in [2.45, 2.75) is 215 Å². The third kappa shape index (κ3) is 44.0.